The van der Waals surface area contributed by atoms with Crippen LogP contribution in [0.25, 0.3) is 17.3 Å². The van der Waals surface area contributed by atoms with Gasteiger partial charge in [-0.15, -0.1) is 0 Å². The molecule has 2 aromatic carbocycles. The summed E-state index contributed by atoms with van der Waals surface area (Å²) in [5.41, 5.74) is 3.12. The van der Waals surface area contributed by atoms with Crippen molar-refractivity contribution < 1.29 is 14.3 Å². The highest BCUT2D eigenvalue weighted by Gasteiger charge is 2.22. The summed E-state index contributed by atoms with van der Waals surface area (Å²) >= 11 is 1.60. The van der Waals surface area contributed by atoms with Crippen LogP contribution in [0.4, 0.5) is 10.8 Å². The van der Waals surface area contributed by atoms with Crippen molar-refractivity contribution in [3.8, 4) is 17.0 Å². The molecule has 3 aromatic rings. The molecule has 160 valence electrons. The standard InChI is InChI=1S/C24H25N3O3S/c1-29-20-10-8-19(9-11-20)26-14-16-27(17-15-26)24-25-23(18-6-4-3-5-7-18)21(31-24)12-13-22(28)30-2/h3-13H,14-17H2,1-2H3. The number of thiazole rings is 1. The number of anilines is 2. The summed E-state index contributed by atoms with van der Waals surface area (Å²) < 4.78 is 10.00. The Balaban J connectivity index is 1.52. The summed E-state index contributed by atoms with van der Waals surface area (Å²) in [6, 6.07) is 18.2. The van der Waals surface area contributed by atoms with E-state index in [1.54, 1.807) is 24.5 Å². The van der Waals surface area contributed by atoms with Crippen molar-refractivity contribution in [1.82, 2.24) is 4.98 Å². The molecule has 0 unspecified atom stereocenters. The second-order valence-electron chi connectivity index (χ2n) is 7.10. The second-order valence-corrected chi connectivity index (χ2v) is 8.11. The molecule has 1 aliphatic heterocycles. The fourth-order valence-electron chi connectivity index (χ4n) is 3.53. The van der Waals surface area contributed by atoms with Gasteiger partial charge in [0.25, 0.3) is 0 Å². The van der Waals surface area contributed by atoms with Gasteiger partial charge in [0.1, 0.15) is 5.75 Å². The lowest BCUT2D eigenvalue weighted by Gasteiger charge is -2.36. The lowest BCUT2D eigenvalue weighted by molar-refractivity contribution is -0.134. The fraction of sp³-hybridized carbons (Fsp3) is 0.250. The number of hydrogen-bond donors (Lipinski definition) is 0. The van der Waals surface area contributed by atoms with Crippen LogP contribution in [0.2, 0.25) is 0 Å². The highest BCUT2D eigenvalue weighted by molar-refractivity contribution is 7.17. The first-order valence-electron chi connectivity index (χ1n) is 10.1. The zero-order valence-electron chi connectivity index (χ0n) is 17.7. The summed E-state index contributed by atoms with van der Waals surface area (Å²) in [5, 5.41) is 0.970. The number of nitrogens with zero attached hydrogens (tertiary/aromatic N) is 3. The lowest BCUT2D eigenvalue weighted by Crippen LogP contribution is -2.46. The third kappa shape index (κ3) is 4.88. The van der Waals surface area contributed by atoms with Crippen molar-refractivity contribution in [2.45, 2.75) is 0 Å². The number of piperazine rings is 1. The summed E-state index contributed by atoms with van der Waals surface area (Å²) in [7, 11) is 3.06. The molecule has 0 atom stereocenters. The average Bonchev–Trinajstić information content (AvgIpc) is 3.27. The maximum atomic E-state index is 11.6. The number of aromatic nitrogens is 1. The average molecular weight is 436 g/mol. The molecule has 1 aliphatic rings. The van der Waals surface area contributed by atoms with Gasteiger partial charge in [-0.2, -0.15) is 0 Å². The number of ether oxygens (including phenoxy) is 2. The van der Waals surface area contributed by atoms with E-state index >= 15 is 0 Å². The number of benzene rings is 2. The van der Waals surface area contributed by atoms with Crippen LogP contribution < -0.4 is 14.5 Å². The number of esters is 1. The molecule has 0 bridgehead atoms. The van der Waals surface area contributed by atoms with Gasteiger partial charge in [0, 0.05) is 43.5 Å². The summed E-state index contributed by atoms with van der Waals surface area (Å²) in [4.78, 5) is 22.2. The molecule has 2 heterocycles. The molecule has 1 aromatic heterocycles. The molecule has 31 heavy (non-hydrogen) atoms. The van der Waals surface area contributed by atoms with Crippen molar-refractivity contribution in [1.29, 1.82) is 0 Å². The van der Waals surface area contributed by atoms with Crippen molar-refractivity contribution in [2.24, 2.45) is 0 Å². The first kappa shape index (κ1) is 20.9. The van der Waals surface area contributed by atoms with Gasteiger partial charge < -0.3 is 19.3 Å². The van der Waals surface area contributed by atoms with E-state index in [0.29, 0.717) is 0 Å². The zero-order valence-corrected chi connectivity index (χ0v) is 18.5. The summed E-state index contributed by atoms with van der Waals surface area (Å²) in [6.45, 7) is 3.60. The molecule has 0 aliphatic carbocycles. The Labute approximate surface area is 186 Å². The van der Waals surface area contributed by atoms with E-state index in [2.05, 4.69) is 21.9 Å². The van der Waals surface area contributed by atoms with Crippen molar-refractivity contribution >= 4 is 34.2 Å². The normalized spacial score (nSPS) is 14.1. The topological polar surface area (TPSA) is 54.9 Å². The molecular weight excluding hydrogens is 410 g/mol. The van der Waals surface area contributed by atoms with Gasteiger partial charge in [0.15, 0.2) is 5.13 Å². The summed E-state index contributed by atoms with van der Waals surface area (Å²) in [6.07, 6.45) is 3.24. The number of methoxy groups -OCH3 is 2. The largest absolute Gasteiger partial charge is 0.497 e. The molecule has 0 radical (unpaired) electrons. The van der Waals surface area contributed by atoms with Crippen molar-refractivity contribution in [2.75, 3.05) is 50.2 Å². The zero-order chi connectivity index (χ0) is 21.6. The number of hydrogen-bond acceptors (Lipinski definition) is 7. The minimum absolute atomic E-state index is 0.373. The maximum absolute atomic E-state index is 11.6. The second kappa shape index (κ2) is 9.66. The van der Waals surface area contributed by atoms with E-state index in [9.17, 15) is 4.79 Å². The predicted octanol–water partition coefficient (Wildman–Crippen LogP) is 4.33. The third-order valence-corrected chi connectivity index (χ3v) is 6.33. The monoisotopic (exact) mass is 435 g/mol. The fourth-order valence-corrected chi connectivity index (χ4v) is 4.57. The van der Waals surface area contributed by atoms with Crippen LogP contribution in [-0.2, 0) is 9.53 Å². The highest BCUT2D eigenvalue weighted by Crippen LogP contribution is 2.35. The predicted molar refractivity (Wildman–Crippen MR) is 126 cm³/mol. The Hall–Kier alpha value is -3.32. The first-order valence-corrected chi connectivity index (χ1v) is 11.0. The Morgan fingerprint density at radius 1 is 0.968 bits per heavy atom. The maximum Gasteiger partial charge on any atom is 0.330 e. The van der Waals surface area contributed by atoms with Gasteiger partial charge in [-0.1, -0.05) is 41.7 Å². The minimum Gasteiger partial charge on any atom is -0.497 e. The van der Waals surface area contributed by atoms with E-state index < -0.39 is 0 Å². The Morgan fingerprint density at radius 3 is 2.29 bits per heavy atom. The molecule has 4 rings (SSSR count). The van der Waals surface area contributed by atoms with Crippen LogP contribution in [-0.4, -0.2) is 51.4 Å². The van der Waals surface area contributed by atoms with E-state index in [1.165, 1.54) is 18.9 Å². The SMILES string of the molecule is COC(=O)C=Cc1sc(N2CCN(c3ccc(OC)cc3)CC2)nc1-c1ccccc1. The van der Waals surface area contributed by atoms with Gasteiger partial charge in [0.05, 0.1) is 24.8 Å². The van der Waals surface area contributed by atoms with Gasteiger partial charge in [0.2, 0.25) is 0 Å². The highest BCUT2D eigenvalue weighted by atomic mass is 32.1. The Bertz CT molecular complexity index is 1040. The molecule has 0 saturated carbocycles. The molecule has 1 saturated heterocycles. The Morgan fingerprint density at radius 2 is 1.65 bits per heavy atom. The van der Waals surface area contributed by atoms with Gasteiger partial charge in [-0.05, 0) is 30.3 Å². The Kier molecular flexibility index (Phi) is 6.52. The van der Waals surface area contributed by atoms with E-state index in [0.717, 1.165) is 53.2 Å². The molecule has 0 N–H and O–H groups in total. The van der Waals surface area contributed by atoms with Crippen LogP contribution in [0.1, 0.15) is 4.88 Å². The van der Waals surface area contributed by atoms with Crippen LogP contribution in [0, 0.1) is 0 Å². The van der Waals surface area contributed by atoms with Crippen LogP contribution in [0.15, 0.2) is 60.7 Å². The van der Waals surface area contributed by atoms with Crippen molar-refractivity contribution in [3.63, 3.8) is 0 Å². The van der Waals surface area contributed by atoms with E-state index in [4.69, 9.17) is 14.5 Å². The van der Waals surface area contributed by atoms with Gasteiger partial charge in [-0.3, -0.25) is 0 Å². The van der Waals surface area contributed by atoms with Crippen LogP contribution in [0.5, 0.6) is 5.75 Å². The number of carbonyl (C=O) groups is 1. The van der Waals surface area contributed by atoms with Gasteiger partial charge >= 0.3 is 5.97 Å². The van der Waals surface area contributed by atoms with Crippen LogP contribution in [0.3, 0.4) is 0 Å². The number of rotatable bonds is 6. The summed E-state index contributed by atoms with van der Waals surface area (Å²) in [5.74, 6) is 0.494. The van der Waals surface area contributed by atoms with E-state index in [-0.39, 0.29) is 5.97 Å². The van der Waals surface area contributed by atoms with Crippen LogP contribution >= 0.6 is 11.3 Å². The minimum atomic E-state index is -0.373. The molecule has 0 amide bonds. The smallest absolute Gasteiger partial charge is 0.330 e. The molecular formula is C24H25N3O3S. The molecule has 6 nitrogen and oxygen atoms in total. The number of carbonyl (C=O) groups excluding carboxylic acids is 1. The lowest BCUT2D eigenvalue weighted by atomic mass is 10.1. The molecule has 0 spiro atoms. The van der Waals surface area contributed by atoms with Gasteiger partial charge in [-0.25, -0.2) is 9.78 Å². The third-order valence-electron chi connectivity index (χ3n) is 5.25. The quantitative estimate of drug-likeness (QED) is 0.424. The first-order chi connectivity index (χ1) is 15.2. The molecule has 7 heteroatoms. The van der Waals surface area contributed by atoms with Crippen molar-refractivity contribution in [3.05, 3.63) is 65.6 Å². The van der Waals surface area contributed by atoms with E-state index in [1.807, 2.05) is 42.5 Å². The molecule has 1 fully saturated rings.